The molecule has 0 aliphatic carbocycles. The number of halogens is 2. The molecule has 2 heterocycles. The van der Waals surface area contributed by atoms with E-state index in [-0.39, 0.29) is 18.2 Å². The van der Waals surface area contributed by atoms with Gasteiger partial charge in [0.05, 0.1) is 6.20 Å². The number of aryl methyl sites for hydroxylation is 1. The molecule has 2 aromatic carbocycles. The van der Waals surface area contributed by atoms with Crippen LogP contribution in [0.2, 0.25) is 5.02 Å². The lowest BCUT2D eigenvalue weighted by molar-refractivity contribution is 0.103. The molecule has 0 radical (unpaired) electrons. The summed E-state index contributed by atoms with van der Waals surface area (Å²) in [6, 6.07) is 15.8. The Bertz CT molecular complexity index is 1070. The quantitative estimate of drug-likeness (QED) is 0.483. The minimum absolute atomic E-state index is 0.0269. The van der Waals surface area contributed by atoms with Gasteiger partial charge in [-0.25, -0.2) is 4.39 Å². The summed E-state index contributed by atoms with van der Waals surface area (Å²) in [5.41, 5.74) is 4.17. The highest BCUT2D eigenvalue weighted by Gasteiger charge is 2.25. The second-order valence-electron chi connectivity index (χ2n) is 8.26. The standard InChI is InChI=1S/C26H26ClFN2O2/c27-22-5-2-19(3-6-22)26(32)21-4-10-25(20(15-21)12-14-31)30-13-11-18(17-30)1-8-24-9-7-23(28)16-29-24/h2-7,9-10,15-16,18,31H,1,8,11-14,17H2/t18-/m0/s1. The van der Waals surface area contributed by atoms with E-state index in [0.29, 0.717) is 28.5 Å². The second kappa shape index (κ2) is 10.2. The molecular weight excluding hydrogens is 427 g/mol. The van der Waals surface area contributed by atoms with Crippen LogP contribution in [-0.4, -0.2) is 35.6 Å². The SMILES string of the molecule is O=C(c1ccc(Cl)cc1)c1ccc(N2CC[C@H](CCc3ccc(F)cn3)C2)c(CCO)c1. The van der Waals surface area contributed by atoms with Crippen LogP contribution >= 0.6 is 11.6 Å². The van der Waals surface area contributed by atoms with E-state index in [4.69, 9.17) is 11.6 Å². The molecule has 4 nitrogen and oxygen atoms in total. The van der Waals surface area contributed by atoms with Crippen LogP contribution in [0.5, 0.6) is 0 Å². The van der Waals surface area contributed by atoms with Crippen molar-refractivity contribution in [1.82, 2.24) is 4.98 Å². The highest BCUT2D eigenvalue weighted by atomic mass is 35.5. The predicted molar refractivity (Wildman–Crippen MR) is 125 cm³/mol. The molecule has 0 unspecified atom stereocenters. The van der Waals surface area contributed by atoms with Gasteiger partial charge in [-0.1, -0.05) is 11.6 Å². The van der Waals surface area contributed by atoms with E-state index in [1.807, 2.05) is 18.2 Å². The van der Waals surface area contributed by atoms with Crippen LogP contribution in [-0.2, 0) is 12.8 Å². The number of carbonyl (C=O) groups is 1. The molecule has 1 aliphatic rings. The summed E-state index contributed by atoms with van der Waals surface area (Å²) in [6.07, 6.45) is 4.67. The minimum atomic E-state index is -0.310. The van der Waals surface area contributed by atoms with E-state index in [2.05, 4.69) is 9.88 Å². The highest BCUT2D eigenvalue weighted by Crippen LogP contribution is 2.31. The Hall–Kier alpha value is -2.76. The fraction of sp³-hybridized carbons (Fsp3) is 0.308. The van der Waals surface area contributed by atoms with Crippen LogP contribution in [0.3, 0.4) is 0 Å². The average Bonchev–Trinajstić information content (AvgIpc) is 3.28. The molecule has 0 amide bonds. The monoisotopic (exact) mass is 452 g/mol. The maximum absolute atomic E-state index is 13.0. The molecule has 0 spiro atoms. The van der Waals surface area contributed by atoms with Gasteiger partial charge in [0.25, 0.3) is 0 Å². The van der Waals surface area contributed by atoms with E-state index < -0.39 is 0 Å². The van der Waals surface area contributed by atoms with Crippen molar-refractivity contribution in [2.45, 2.75) is 25.7 Å². The van der Waals surface area contributed by atoms with Crippen LogP contribution in [0.1, 0.15) is 40.0 Å². The Morgan fingerprint density at radius 2 is 1.88 bits per heavy atom. The number of rotatable bonds is 8. The number of anilines is 1. The van der Waals surface area contributed by atoms with Gasteiger partial charge >= 0.3 is 0 Å². The second-order valence-corrected chi connectivity index (χ2v) is 8.70. The number of nitrogens with zero attached hydrogens (tertiary/aromatic N) is 2. The summed E-state index contributed by atoms with van der Waals surface area (Å²) in [6.45, 7) is 1.88. The number of hydrogen-bond acceptors (Lipinski definition) is 4. The number of ketones is 1. The van der Waals surface area contributed by atoms with Gasteiger partial charge in [0.2, 0.25) is 0 Å². The van der Waals surface area contributed by atoms with Gasteiger partial charge in [0.1, 0.15) is 5.82 Å². The van der Waals surface area contributed by atoms with Gasteiger partial charge in [-0.2, -0.15) is 0 Å². The normalized spacial score (nSPS) is 15.8. The van der Waals surface area contributed by atoms with E-state index in [1.54, 1.807) is 30.3 Å². The molecule has 0 saturated carbocycles. The lowest BCUT2D eigenvalue weighted by Gasteiger charge is -2.23. The summed E-state index contributed by atoms with van der Waals surface area (Å²) >= 11 is 5.93. The van der Waals surface area contributed by atoms with Crippen LogP contribution in [0.15, 0.2) is 60.8 Å². The highest BCUT2D eigenvalue weighted by molar-refractivity contribution is 6.30. The van der Waals surface area contributed by atoms with Crippen molar-refractivity contribution in [1.29, 1.82) is 0 Å². The Morgan fingerprint density at radius 3 is 2.59 bits per heavy atom. The molecule has 1 atom stereocenters. The van der Waals surface area contributed by atoms with E-state index in [0.717, 1.165) is 49.3 Å². The minimum Gasteiger partial charge on any atom is -0.396 e. The average molecular weight is 453 g/mol. The summed E-state index contributed by atoms with van der Waals surface area (Å²) in [5, 5.41) is 10.2. The topological polar surface area (TPSA) is 53.4 Å². The zero-order valence-corrected chi connectivity index (χ0v) is 18.6. The van der Waals surface area contributed by atoms with Crippen molar-refractivity contribution < 1.29 is 14.3 Å². The van der Waals surface area contributed by atoms with E-state index in [1.165, 1.54) is 12.3 Å². The summed E-state index contributed by atoms with van der Waals surface area (Å²) in [4.78, 5) is 19.4. The molecule has 1 saturated heterocycles. The van der Waals surface area contributed by atoms with Crippen molar-refractivity contribution in [3.63, 3.8) is 0 Å². The Kier molecular flexibility index (Phi) is 7.18. The maximum atomic E-state index is 13.0. The smallest absolute Gasteiger partial charge is 0.193 e. The predicted octanol–water partition coefficient (Wildman–Crippen LogP) is 5.10. The van der Waals surface area contributed by atoms with E-state index >= 15 is 0 Å². The lowest BCUT2D eigenvalue weighted by atomic mass is 9.98. The van der Waals surface area contributed by atoms with Crippen LogP contribution in [0.25, 0.3) is 0 Å². The first-order valence-electron chi connectivity index (χ1n) is 10.9. The first kappa shape index (κ1) is 22.4. The molecule has 32 heavy (non-hydrogen) atoms. The van der Waals surface area contributed by atoms with Crippen molar-refractivity contribution >= 4 is 23.1 Å². The van der Waals surface area contributed by atoms with Crippen molar-refractivity contribution in [2.75, 3.05) is 24.6 Å². The van der Waals surface area contributed by atoms with Crippen LogP contribution in [0.4, 0.5) is 10.1 Å². The van der Waals surface area contributed by atoms with Crippen LogP contribution < -0.4 is 4.90 Å². The third-order valence-electron chi connectivity index (χ3n) is 6.05. The summed E-state index contributed by atoms with van der Waals surface area (Å²) < 4.78 is 13.0. The Balaban J connectivity index is 1.45. The van der Waals surface area contributed by atoms with Gasteiger partial charge in [-0.05, 0) is 91.8 Å². The lowest BCUT2D eigenvalue weighted by Crippen LogP contribution is -2.22. The fourth-order valence-electron chi connectivity index (χ4n) is 4.32. The maximum Gasteiger partial charge on any atom is 0.193 e. The first-order chi connectivity index (χ1) is 15.5. The third-order valence-corrected chi connectivity index (χ3v) is 6.31. The van der Waals surface area contributed by atoms with Gasteiger partial charge in [0.15, 0.2) is 5.78 Å². The van der Waals surface area contributed by atoms with E-state index in [9.17, 15) is 14.3 Å². The largest absolute Gasteiger partial charge is 0.396 e. The molecule has 1 aliphatic heterocycles. The summed E-state index contributed by atoms with van der Waals surface area (Å²) in [5.74, 6) is 0.160. The van der Waals surface area contributed by atoms with Crippen molar-refractivity contribution in [3.05, 3.63) is 94.0 Å². The van der Waals surface area contributed by atoms with Gasteiger partial charge in [0, 0.05) is 47.2 Å². The Labute approximate surface area is 192 Å². The molecular formula is C26H26ClFN2O2. The molecule has 4 rings (SSSR count). The molecule has 166 valence electrons. The summed E-state index contributed by atoms with van der Waals surface area (Å²) in [7, 11) is 0. The fourth-order valence-corrected chi connectivity index (χ4v) is 4.44. The number of carbonyl (C=O) groups excluding carboxylic acids is 1. The van der Waals surface area contributed by atoms with Gasteiger partial charge in [-0.15, -0.1) is 0 Å². The number of aromatic nitrogens is 1. The number of pyridine rings is 1. The number of benzene rings is 2. The number of aliphatic hydroxyl groups is 1. The molecule has 1 N–H and O–H groups in total. The first-order valence-corrected chi connectivity index (χ1v) is 11.3. The molecule has 3 aromatic rings. The third kappa shape index (κ3) is 5.34. The molecule has 0 bridgehead atoms. The van der Waals surface area contributed by atoms with Crippen LogP contribution in [0, 0.1) is 11.7 Å². The molecule has 1 aromatic heterocycles. The number of aliphatic hydroxyl groups excluding tert-OH is 1. The zero-order chi connectivity index (χ0) is 22.5. The zero-order valence-electron chi connectivity index (χ0n) is 17.8. The molecule has 6 heteroatoms. The van der Waals surface area contributed by atoms with Gasteiger partial charge < -0.3 is 10.0 Å². The molecule has 1 fully saturated rings. The van der Waals surface area contributed by atoms with Crippen molar-refractivity contribution in [3.8, 4) is 0 Å². The van der Waals surface area contributed by atoms with Gasteiger partial charge in [-0.3, -0.25) is 9.78 Å². The number of hydrogen-bond donors (Lipinski definition) is 1. The van der Waals surface area contributed by atoms with Crippen molar-refractivity contribution in [2.24, 2.45) is 5.92 Å². The Morgan fingerprint density at radius 1 is 1.09 bits per heavy atom.